The highest BCUT2D eigenvalue weighted by Crippen LogP contribution is 2.34. The molecule has 3 nitrogen and oxygen atoms in total. The molecule has 0 aliphatic carbocycles. The van der Waals surface area contributed by atoms with Crippen LogP contribution in [-0.2, 0) is 4.74 Å². The molecule has 23 heavy (non-hydrogen) atoms. The molecule has 3 unspecified atom stereocenters. The second kappa shape index (κ2) is 7.73. The lowest BCUT2D eigenvalue weighted by molar-refractivity contribution is -0.0710. The highest BCUT2D eigenvalue weighted by Gasteiger charge is 2.35. The minimum absolute atomic E-state index is 0.00953. The second-order valence-corrected chi connectivity index (χ2v) is 6.14. The molecule has 0 radical (unpaired) electrons. The topological polar surface area (TPSA) is 41.5 Å². The molecule has 1 saturated heterocycles. The first-order valence-electron chi connectivity index (χ1n) is 8.42. The summed E-state index contributed by atoms with van der Waals surface area (Å²) >= 11 is 0. The predicted molar refractivity (Wildman–Crippen MR) is 92.6 cm³/mol. The molecule has 2 aromatic carbocycles. The van der Waals surface area contributed by atoms with E-state index in [1.165, 1.54) is 11.1 Å². The summed E-state index contributed by atoms with van der Waals surface area (Å²) in [6.45, 7) is 3.45. The second-order valence-electron chi connectivity index (χ2n) is 6.14. The predicted octanol–water partition coefficient (Wildman–Crippen LogP) is 2.95. The number of likely N-dealkylation sites (N-methyl/N-ethyl adjacent to an activating group) is 1. The zero-order valence-electron chi connectivity index (χ0n) is 13.6. The summed E-state index contributed by atoms with van der Waals surface area (Å²) in [6, 6.07) is 20.9. The van der Waals surface area contributed by atoms with Crippen LogP contribution < -0.4 is 5.32 Å². The highest BCUT2D eigenvalue weighted by atomic mass is 16.5. The molecular formula is C20H25NO2. The molecule has 3 atom stereocenters. The van der Waals surface area contributed by atoms with E-state index in [4.69, 9.17) is 4.74 Å². The Kier molecular flexibility index (Phi) is 5.44. The number of hydrogen-bond acceptors (Lipinski definition) is 3. The van der Waals surface area contributed by atoms with Crippen LogP contribution in [0.3, 0.4) is 0 Å². The smallest absolute Gasteiger partial charge is 0.0740 e. The van der Waals surface area contributed by atoms with Gasteiger partial charge in [-0.3, -0.25) is 0 Å². The summed E-state index contributed by atoms with van der Waals surface area (Å²) < 4.78 is 6.16. The Hall–Kier alpha value is -1.68. The Morgan fingerprint density at radius 2 is 1.61 bits per heavy atom. The normalized spacial score (nSPS) is 24.7. The van der Waals surface area contributed by atoms with Gasteiger partial charge in [-0.2, -0.15) is 0 Å². The Bertz CT molecular complexity index is 548. The zero-order valence-corrected chi connectivity index (χ0v) is 13.6. The molecule has 3 rings (SSSR count). The van der Waals surface area contributed by atoms with Gasteiger partial charge in [0.05, 0.1) is 24.9 Å². The number of aliphatic hydroxyl groups excluding tert-OH is 1. The molecule has 0 spiro atoms. The Balaban J connectivity index is 1.85. The van der Waals surface area contributed by atoms with Crippen LogP contribution >= 0.6 is 0 Å². The largest absolute Gasteiger partial charge is 0.391 e. The minimum Gasteiger partial charge on any atom is -0.391 e. The summed E-state index contributed by atoms with van der Waals surface area (Å²) in [5.74, 6) is 0.148. The van der Waals surface area contributed by atoms with Crippen molar-refractivity contribution in [1.29, 1.82) is 0 Å². The monoisotopic (exact) mass is 311 g/mol. The summed E-state index contributed by atoms with van der Waals surface area (Å²) in [6.07, 6.45) is 0.264. The van der Waals surface area contributed by atoms with E-state index >= 15 is 0 Å². The van der Waals surface area contributed by atoms with Crippen molar-refractivity contribution in [2.75, 3.05) is 13.2 Å². The van der Waals surface area contributed by atoms with Crippen molar-refractivity contribution in [3.63, 3.8) is 0 Å². The number of ether oxygens (including phenoxy) is 1. The van der Waals surface area contributed by atoms with Gasteiger partial charge in [-0.1, -0.05) is 67.6 Å². The maximum Gasteiger partial charge on any atom is 0.0740 e. The lowest BCUT2D eigenvalue weighted by atomic mass is 9.82. The highest BCUT2D eigenvalue weighted by molar-refractivity contribution is 5.34. The third-order valence-corrected chi connectivity index (χ3v) is 4.58. The molecule has 1 aliphatic rings. The van der Waals surface area contributed by atoms with Gasteiger partial charge in [-0.15, -0.1) is 0 Å². The van der Waals surface area contributed by atoms with Gasteiger partial charge in [-0.25, -0.2) is 0 Å². The molecule has 3 heteroatoms. The average Bonchev–Trinajstić information content (AvgIpc) is 2.60. The van der Waals surface area contributed by atoms with Gasteiger partial charge in [0.1, 0.15) is 0 Å². The number of aliphatic hydroxyl groups is 1. The lowest BCUT2D eigenvalue weighted by Gasteiger charge is -2.38. The van der Waals surface area contributed by atoms with Crippen molar-refractivity contribution in [3.05, 3.63) is 71.8 Å². The first kappa shape index (κ1) is 16.2. The van der Waals surface area contributed by atoms with Crippen LogP contribution in [0.5, 0.6) is 0 Å². The van der Waals surface area contributed by atoms with Gasteiger partial charge >= 0.3 is 0 Å². The molecule has 2 N–H and O–H groups in total. The maximum atomic E-state index is 10.5. The number of benzene rings is 2. The third-order valence-electron chi connectivity index (χ3n) is 4.58. The van der Waals surface area contributed by atoms with Crippen LogP contribution in [0.4, 0.5) is 0 Å². The molecule has 1 aliphatic heterocycles. The zero-order chi connectivity index (χ0) is 16.1. The first-order chi connectivity index (χ1) is 11.3. The molecular weight excluding hydrogens is 286 g/mol. The van der Waals surface area contributed by atoms with Gasteiger partial charge in [0.25, 0.3) is 0 Å². The maximum absolute atomic E-state index is 10.5. The van der Waals surface area contributed by atoms with Crippen LogP contribution in [0.25, 0.3) is 0 Å². The molecule has 2 aromatic rings. The van der Waals surface area contributed by atoms with Crippen molar-refractivity contribution < 1.29 is 9.84 Å². The van der Waals surface area contributed by atoms with Crippen molar-refractivity contribution in [2.45, 2.75) is 37.5 Å². The summed E-state index contributed by atoms with van der Waals surface area (Å²) in [4.78, 5) is 0. The van der Waals surface area contributed by atoms with Crippen LogP contribution in [-0.4, -0.2) is 36.5 Å². The van der Waals surface area contributed by atoms with Gasteiger partial charge in [-0.05, 0) is 17.7 Å². The molecule has 0 saturated carbocycles. The van der Waals surface area contributed by atoms with Crippen molar-refractivity contribution in [3.8, 4) is 0 Å². The fourth-order valence-electron chi connectivity index (χ4n) is 3.44. The number of rotatable bonds is 5. The van der Waals surface area contributed by atoms with E-state index in [-0.39, 0.29) is 24.2 Å². The molecule has 0 amide bonds. The molecule has 0 aromatic heterocycles. The lowest BCUT2D eigenvalue weighted by Crippen LogP contribution is -2.50. The molecule has 0 bridgehead atoms. The van der Waals surface area contributed by atoms with Gasteiger partial charge in [0.15, 0.2) is 0 Å². The van der Waals surface area contributed by atoms with Crippen molar-refractivity contribution >= 4 is 0 Å². The molecule has 1 fully saturated rings. The van der Waals surface area contributed by atoms with Crippen molar-refractivity contribution in [1.82, 2.24) is 5.32 Å². The summed E-state index contributed by atoms with van der Waals surface area (Å²) in [5.41, 5.74) is 2.47. The van der Waals surface area contributed by atoms with E-state index in [1.54, 1.807) is 0 Å². The van der Waals surface area contributed by atoms with E-state index in [0.717, 1.165) is 6.54 Å². The first-order valence-corrected chi connectivity index (χ1v) is 8.42. The van der Waals surface area contributed by atoms with E-state index in [0.29, 0.717) is 13.0 Å². The van der Waals surface area contributed by atoms with E-state index in [1.807, 2.05) is 12.1 Å². The SMILES string of the molecule is CCNC1COC(C(c2ccccc2)c2ccccc2)CC1O. The molecule has 1 heterocycles. The van der Waals surface area contributed by atoms with E-state index in [2.05, 4.69) is 60.8 Å². The van der Waals surface area contributed by atoms with Crippen LogP contribution in [0, 0.1) is 0 Å². The fourth-order valence-corrected chi connectivity index (χ4v) is 3.44. The Labute approximate surface area is 138 Å². The van der Waals surface area contributed by atoms with Crippen molar-refractivity contribution in [2.24, 2.45) is 0 Å². The van der Waals surface area contributed by atoms with Gasteiger partial charge < -0.3 is 15.2 Å². The molecule has 122 valence electrons. The number of nitrogens with one attached hydrogen (secondary N) is 1. The van der Waals surface area contributed by atoms with Gasteiger partial charge in [0, 0.05) is 12.3 Å². The summed E-state index contributed by atoms with van der Waals surface area (Å²) in [7, 11) is 0. The fraction of sp³-hybridized carbons (Fsp3) is 0.400. The van der Waals surface area contributed by atoms with E-state index in [9.17, 15) is 5.11 Å². The Morgan fingerprint density at radius 3 is 2.09 bits per heavy atom. The van der Waals surface area contributed by atoms with Crippen LogP contribution in [0.1, 0.15) is 30.4 Å². The quantitative estimate of drug-likeness (QED) is 0.892. The standard InChI is InChI=1S/C20H25NO2/c1-2-21-17-14-23-19(13-18(17)22)20(15-9-5-3-6-10-15)16-11-7-4-8-12-16/h3-12,17-22H,2,13-14H2,1H3. The minimum atomic E-state index is -0.372. The number of hydrogen-bond donors (Lipinski definition) is 2. The van der Waals surface area contributed by atoms with Crippen LogP contribution in [0.2, 0.25) is 0 Å². The average molecular weight is 311 g/mol. The van der Waals surface area contributed by atoms with Gasteiger partial charge in [0.2, 0.25) is 0 Å². The summed E-state index contributed by atoms with van der Waals surface area (Å²) in [5, 5.41) is 13.8. The van der Waals surface area contributed by atoms with Crippen LogP contribution in [0.15, 0.2) is 60.7 Å². The Morgan fingerprint density at radius 1 is 1.04 bits per heavy atom. The third kappa shape index (κ3) is 3.81. The van der Waals surface area contributed by atoms with E-state index < -0.39 is 0 Å².